The van der Waals surface area contributed by atoms with Crippen LogP contribution in [0.2, 0.25) is 5.02 Å². The molecule has 4 aromatic rings. The van der Waals surface area contributed by atoms with Crippen molar-refractivity contribution in [1.82, 2.24) is 36.2 Å². The molecule has 2 amide bonds. The fraction of sp³-hybridized carbons (Fsp3) is 0.410. The van der Waals surface area contributed by atoms with Crippen molar-refractivity contribution in [2.75, 3.05) is 27.3 Å². The van der Waals surface area contributed by atoms with Crippen LogP contribution in [0.3, 0.4) is 0 Å². The van der Waals surface area contributed by atoms with E-state index in [1.807, 2.05) is 24.3 Å². The average molecular weight is 780 g/mol. The molecular formula is C39H41ClF3N7O5. The Morgan fingerprint density at radius 1 is 0.818 bits per heavy atom. The largest absolute Gasteiger partial charge is 0.481 e. The van der Waals surface area contributed by atoms with Crippen molar-refractivity contribution in [3.05, 3.63) is 81.5 Å². The number of nitrogens with zero attached hydrogens (tertiary/aromatic N) is 3. The van der Waals surface area contributed by atoms with Crippen LogP contribution in [-0.2, 0) is 35.3 Å². The minimum atomic E-state index is -4.75. The van der Waals surface area contributed by atoms with E-state index in [2.05, 4.69) is 31.2 Å². The molecule has 5 heterocycles. The van der Waals surface area contributed by atoms with E-state index in [4.69, 9.17) is 30.8 Å². The highest BCUT2D eigenvalue weighted by Crippen LogP contribution is 2.45. The summed E-state index contributed by atoms with van der Waals surface area (Å²) in [6.07, 6.45) is -0.494. The standard InChI is InChI=1S/C39H41ClF3N7O5/c1-53-36-21(17-44-19-23-7-12-32(51)47-23)6-10-30(49-36)28-14-15-46-35(34(28)40)27-5-3-4-26-25(27)9-11-31(26)55-38-29(39(41,42)43)16-22(37(50-38)54-2)18-45-20-24-8-13-33(52)48-24/h3-6,10,14-16,23-24,31,44-45H,7-9,11-13,17-20H2,1-2H3,(H,47,51)(H,48,52)/t23-,24-,31-/m0/s1. The zero-order chi connectivity index (χ0) is 38.7. The number of benzene rings is 1. The normalized spacial score (nSPS) is 19.3. The molecule has 12 nitrogen and oxygen atoms in total. The Morgan fingerprint density at radius 3 is 2.13 bits per heavy atom. The number of amides is 2. The predicted molar refractivity (Wildman–Crippen MR) is 198 cm³/mol. The number of carbonyl (C=O) groups excluding carboxylic acids is 2. The molecule has 3 aliphatic rings. The van der Waals surface area contributed by atoms with E-state index < -0.39 is 23.7 Å². The van der Waals surface area contributed by atoms with Gasteiger partial charge in [0.05, 0.1) is 30.6 Å². The summed E-state index contributed by atoms with van der Waals surface area (Å²) in [4.78, 5) is 36.6. The highest BCUT2D eigenvalue weighted by molar-refractivity contribution is 6.35. The van der Waals surface area contributed by atoms with Gasteiger partial charge in [-0.3, -0.25) is 14.6 Å². The maximum atomic E-state index is 14.5. The van der Waals surface area contributed by atoms with Crippen LogP contribution in [0.1, 0.15) is 66.0 Å². The Morgan fingerprint density at radius 2 is 1.49 bits per heavy atom. The molecule has 55 heavy (non-hydrogen) atoms. The van der Waals surface area contributed by atoms with Crippen molar-refractivity contribution >= 4 is 23.4 Å². The number of fused-ring (bicyclic) bond motifs is 1. The molecule has 2 aliphatic heterocycles. The van der Waals surface area contributed by atoms with Crippen molar-refractivity contribution in [2.45, 2.75) is 76.0 Å². The highest BCUT2D eigenvalue weighted by Gasteiger charge is 2.39. The number of aromatic nitrogens is 3. The minimum absolute atomic E-state index is 0.0133. The lowest BCUT2D eigenvalue weighted by Gasteiger charge is -2.21. The first-order chi connectivity index (χ1) is 26.5. The van der Waals surface area contributed by atoms with Crippen molar-refractivity contribution < 1.29 is 37.0 Å². The lowest BCUT2D eigenvalue weighted by molar-refractivity contribution is -0.139. The van der Waals surface area contributed by atoms with Gasteiger partial charge < -0.3 is 35.5 Å². The molecule has 3 aromatic heterocycles. The van der Waals surface area contributed by atoms with Crippen LogP contribution in [-0.4, -0.2) is 66.2 Å². The first-order valence-electron chi connectivity index (χ1n) is 18.1. The van der Waals surface area contributed by atoms with Crippen molar-refractivity contribution in [3.8, 4) is 40.2 Å². The number of carbonyl (C=O) groups is 2. The molecular weight excluding hydrogens is 739 g/mol. The van der Waals surface area contributed by atoms with Crippen LogP contribution in [0.15, 0.2) is 48.7 Å². The van der Waals surface area contributed by atoms with Crippen LogP contribution in [0.25, 0.3) is 22.5 Å². The summed E-state index contributed by atoms with van der Waals surface area (Å²) in [5, 5.41) is 12.6. The molecule has 1 aromatic carbocycles. The topological polar surface area (TPSA) is 149 Å². The SMILES string of the molecule is COc1nc(-c2ccnc(-c3cccc4c3CC[C@@H]4Oc3nc(OC)c(CNC[C@@H]4CCC(=O)N4)cc3C(F)(F)F)c2Cl)ccc1CNC[C@@H]1CCC(=O)N1. The van der Waals surface area contributed by atoms with Gasteiger partial charge in [0, 0.05) is 79.6 Å². The van der Waals surface area contributed by atoms with Gasteiger partial charge in [0.2, 0.25) is 29.5 Å². The van der Waals surface area contributed by atoms with Gasteiger partial charge in [0.25, 0.3) is 0 Å². The Bertz CT molecular complexity index is 2080. The maximum Gasteiger partial charge on any atom is 0.421 e. The van der Waals surface area contributed by atoms with E-state index in [9.17, 15) is 22.8 Å². The number of alkyl halides is 3. The van der Waals surface area contributed by atoms with Crippen molar-refractivity contribution in [3.63, 3.8) is 0 Å². The lowest BCUT2D eigenvalue weighted by Crippen LogP contribution is -2.35. The summed E-state index contributed by atoms with van der Waals surface area (Å²) in [5.41, 5.74) is 4.09. The average Bonchev–Trinajstić information content (AvgIpc) is 3.91. The van der Waals surface area contributed by atoms with Crippen LogP contribution >= 0.6 is 11.6 Å². The summed E-state index contributed by atoms with van der Waals surface area (Å²) < 4.78 is 60.5. The van der Waals surface area contributed by atoms with Gasteiger partial charge in [-0.05, 0) is 55.0 Å². The van der Waals surface area contributed by atoms with Crippen LogP contribution in [0.4, 0.5) is 13.2 Å². The smallest absolute Gasteiger partial charge is 0.421 e. The number of ether oxygens (including phenoxy) is 3. The second kappa shape index (κ2) is 16.4. The number of methoxy groups -OCH3 is 2. The molecule has 3 atom stereocenters. The molecule has 4 N–H and O–H groups in total. The number of pyridine rings is 3. The van der Waals surface area contributed by atoms with Crippen molar-refractivity contribution in [2.24, 2.45) is 0 Å². The summed E-state index contributed by atoms with van der Waals surface area (Å²) in [5.74, 6) is -0.0998. The molecule has 0 unspecified atom stereocenters. The fourth-order valence-corrected chi connectivity index (χ4v) is 7.71. The third kappa shape index (κ3) is 8.48. The van der Waals surface area contributed by atoms with E-state index in [1.54, 1.807) is 25.4 Å². The monoisotopic (exact) mass is 779 g/mol. The maximum absolute atomic E-state index is 14.5. The molecule has 0 radical (unpaired) electrons. The third-order valence-corrected chi connectivity index (χ3v) is 10.5. The predicted octanol–water partition coefficient (Wildman–Crippen LogP) is 5.70. The molecule has 2 saturated heterocycles. The van der Waals surface area contributed by atoms with Gasteiger partial charge in [0.1, 0.15) is 11.7 Å². The first kappa shape index (κ1) is 38.3. The Labute approximate surface area is 320 Å². The van der Waals surface area contributed by atoms with E-state index in [1.165, 1.54) is 7.11 Å². The van der Waals surface area contributed by atoms with E-state index >= 15 is 0 Å². The summed E-state index contributed by atoms with van der Waals surface area (Å²) in [7, 11) is 2.90. The molecule has 290 valence electrons. The number of nitrogens with one attached hydrogen (secondary N) is 4. The number of hydrogen-bond acceptors (Lipinski definition) is 10. The lowest BCUT2D eigenvalue weighted by atomic mass is 9.98. The Balaban J connectivity index is 1.10. The molecule has 16 heteroatoms. The zero-order valence-electron chi connectivity index (χ0n) is 30.3. The zero-order valence-corrected chi connectivity index (χ0v) is 31.1. The van der Waals surface area contributed by atoms with Gasteiger partial charge in [-0.1, -0.05) is 35.9 Å². The van der Waals surface area contributed by atoms with E-state index in [0.29, 0.717) is 85.2 Å². The quantitative estimate of drug-likeness (QED) is 0.126. The van der Waals surface area contributed by atoms with Gasteiger partial charge in [-0.2, -0.15) is 18.2 Å². The van der Waals surface area contributed by atoms with Crippen LogP contribution in [0.5, 0.6) is 17.6 Å². The van der Waals surface area contributed by atoms with Gasteiger partial charge in [0.15, 0.2) is 0 Å². The number of hydrogen-bond donors (Lipinski definition) is 4. The molecule has 0 spiro atoms. The second-order valence-electron chi connectivity index (χ2n) is 13.8. The Kier molecular flexibility index (Phi) is 11.4. The van der Waals surface area contributed by atoms with Crippen LogP contribution < -0.4 is 35.5 Å². The van der Waals surface area contributed by atoms with Gasteiger partial charge in [-0.25, -0.2) is 4.98 Å². The third-order valence-electron chi connectivity index (χ3n) is 10.1. The molecule has 1 aliphatic carbocycles. The number of rotatable bonds is 14. The van der Waals surface area contributed by atoms with E-state index in [0.717, 1.165) is 29.2 Å². The number of halogens is 4. The summed E-state index contributed by atoms with van der Waals surface area (Å²) >= 11 is 7.05. The Hall–Kier alpha value is -4.99. The minimum Gasteiger partial charge on any atom is -0.481 e. The fourth-order valence-electron chi connectivity index (χ4n) is 7.40. The first-order valence-corrected chi connectivity index (χ1v) is 18.5. The van der Waals surface area contributed by atoms with Crippen LogP contribution in [0, 0.1) is 0 Å². The van der Waals surface area contributed by atoms with Gasteiger partial charge >= 0.3 is 6.18 Å². The summed E-state index contributed by atoms with van der Waals surface area (Å²) in [6.45, 7) is 1.58. The van der Waals surface area contributed by atoms with Gasteiger partial charge in [-0.15, -0.1) is 0 Å². The van der Waals surface area contributed by atoms with E-state index in [-0.39, 0.29) is 41.9 Å². The molecule has 0 saturated carbocycles. The highest BCUT2D eigenvalue weighted by atomic mass is 35.5. The van der Waals surface area contributed by atoms with Crippen molar-refractivity contribution in [1.29, 1.82) is 0 Å². The molecule has 7 rings (SSSR count). The second-order valence-corrected chi connectivity index (χ2v) is 14.2. The summed E-state index contributed by atoms with van der Waals surface area (Å²) in [6, 6.07) is 12.1. The molecule has 0 bridgehead atoms. The molecule has 2 fully saturated rings.